The molecule has 1 aromatic rings. The molecule has 1 aromatic heterocycles. The fourth-order valence-electron chi connectivity index (χ4n) is 2.20. The van der Waals surface area contributed by atoms with Gasteiger partial charge in [0.2, 0.25) is 0 Å². The van der Waals surface area contributed by atoms with E-state index in [0.717, 1.165) is 16.8 Å². The predicted octanol–water partition coefficient (Wildman–Crippen LogP) is -1.13. The van der Waals surface area contributed by atoms with Crippen LogP contribution in [0.3, 0.4) is 0 Å². The predicted molar refractivity (Wildman–Crippen MR) is 91.6 cm³/mol. The van der Waals surface area contributed by atoms with Gasteiger partial charge in [-0.3, -0.25) is 18.9 Å². The third-order valence-corrected chi connectivity index (χ3v) is 7.40. The van der Waals surface area contributed by atoms with E-state index in [4.69, 9.17) is 31.6 Å². The van der Waals surface area contributed by atoms with Crippen molar-refractivity contribution in [3.05, 3.63) is 27.4 Å². The Hall–Kier alpha value is -0.610. The number of aliphatic hydroxyl groups excluding tert-OH is 2. The van der Waals surface area contributed by atoms with E-state index in [1.165, 1.54) is 0 Å². The zero-order valence-corrected chi connectivity index (χ0v) is 17.3. The van der Waals surface area contributed by atoms with Gasteiger partial charge in [-0.15, -0.1) is 0 Å². The molecule has 20 heteroatoms. The molecule has 2 heterocycles. The van der Waals surface area contributed by atoms with E-state index in [1.54, 1.807) is 0 Å². The third kappa shape index (κ3) is 6.95. The van der Waals surface area contributed by atoms with E-state index in [9.17, 15) is 33.6 Å². The molecule has 2 rings (SSSR count). The third-order valence-electron chi connectivity index (χ3n) is 3.28. The second kappa shape index (κ2) is 8.86. The SMILES string of the molecule is O=c1ccn([C@@H]2O[C@H](COP(=O)(O)OP(=O)(O)OP(=O)(O)O)[C@H](O)C2O)c(=S)[nH]1. The lowest BCUT2D eigenvalue weighted by atomic mass is 10.1. The van der Waals surface area contributed by atoms with Gasteiger partial charge in [-0.2, -0.15) is 8.62 Å². The van der Waals surface area contributed by atoms with Crippen LogP contribution in [0, 0.1) is 4.77 Å². The van der Waals surface area contributed by atoms with Gasteiger partial charge in [0.05, 0.1) is 6.61 Å². The highest BCUT2D eigenvalue weighted by atomic mass is 32.1. The average molecular weight is 500 g/mol. The smallest absolute Gasteiger partial charge is 0.387 e. The minimum atomic E-state index is -5.70. The largest absolute Gasteiger partial charge is 0.490 e. The van der Waals surface area contributed by atoms with Crippen molar-refractivity contribution in [3.63, 3.8) is 0 Å². The summed E-state index contributed by atoms with van der Waals surface area (Å²) in [6.07, 6.45) is -4.97. The first kappa shape index (κ1) is 24.7. The van der Waals surface area contributed by atoms with Crippen LogP contribution in [-0.4, -0.2) is 64.3 Å². The van der Waals surface area contributed by atoms with Crippen LogP contribution >= 0.6 is 35.7 Å². The molecular formula is C9H15N2O14P3S. The van der Waals surface area contributed by atoms with Crippen molar-refractivity contribution in [2.45, 2.75) is 24.5 Å². The van der Waals surface area contributed by atoms with E-state index >= 15 is 0 Å². The molecule has 1 aliphatic heterocycles. The number of ether oxygens (including phenoxy) is 1. The van der Waals surface area contributed by atoms with Gasteiger partial charge in [0, 0.05) is 12.3 Å². The Labute approximate surface area is 165 Å². The van der Waals surface area contributed by atoms with E-state index in [1.807, 2.05) is 0 Å². The normalized spacial score (nSPS) is 29.3. The van der Waals surface area contributed by atoms with Gasteiger partial charge in [-0.25, -0.2) is 13.7 Å². The number of aromatic nitrogens is 2. The first-order chi connectivity index (χ1) is 13.1. The van der Waals surface area contributed by atoms with Crippen molar-refractivity contribution in [3.8, 4) is 0 Å². The van der Waals surface area contributed by atoms with Crippen LogP contribution < -0.4 is 5.56 Å². The molecular weight excluding hydrogens is 485 g/mol. The molecule has 6 atom stereocenters. The number of phosphoric ester groups is 1. The van der Waals surface area contributed by atoms with Crippen molar-refractivity contribution in [1.82, 2.24) is 9.55 Å². The maximum Gasteiger partial charge on any atom is 0.490 e. The maximum atomic E-state index is 11.7. The van der Waals surface area contributed by atoms with Gasteiger partial charge in [-0.05, 0) is 12.2 Å². The minimum absolute atomic E-state index is 0.165. The van der Waals surface area contributed by atoms with Crippen molar-refractivity contribution in [1.29, 1.82) is 0 Å². The molecule has 0 aliphatic carbocycles. The summed E-state index contributed by atoms with van der Waals surface area (Å²) in [6.45, 7) is -0.977. The molecule has 1 fully saturated rings. The number of nitrogens with one attached hydrogen (secondary N) is 1. The zero-order valence-electron chi connectivity index (χ0n) is 13.8. The Balaban J connectivity index is 2.06. The van der Waals surface area contributed by atoms with Gasteiger partial charge in [0.15, 0.2) is 11.0 Å². The maximum absolute atomic E-state index is 11.7. The number of nitrogens with zero attached hydrogens (tertiary/aromatic N) is 1. The Morgan fingerprint density at radius 2 is 1.72 bits per heavy atom. The van der Waals surface area contributed by atoms with Crippen LogP contribution in [0.5, 0.6) is 0 Å². The average Bonchev–Trinajstić information content (AvgIpc) is 2.78. The Morgan fingerprint density at radius 1 is 1.10 bits per heavy atom. The lowest BCUT2D eigenvalue weighted by molar-refractivity contribution is -0.0533. The Morgan fingerprint density at radius 3 is 2.28 bits per heavy atom. The molecule has 0 radical (unpaired) electrons. The monoisotopic (exact) mass is 500 g/mol. The van der Waals surface area contributed by atoms with Crippen molar-refractivity contribution < 1.29 is 61.4 Å². The summed E-state index contributed by atoms with van der Waals surface area (Å²) in [7, 11) is -16.7. The highest BCUT2D eigenvalue weighted by molar-refractivity contribution is 7.71. The van der Waals surface area contributed by atoms with Gasteiger partial charge in [0.1, 0.15) is 18.3 Å². The topological polar surface area (TPSA) is 247 Å². The highest BCUT2D eigenvalue weighted by Crippen LogP contribution is 2.66. The summed E-state index contributed by atoms with van der Waals surface area (Å²) >= 11 is 4.90. The first-order valence-corrected chi connectivity index (χ1v) is 12.1. The number of H-pyrrole nitrogens is 1. The molecule has 1 aliphatic rings. The first-order valence-electron chi connectivity index (χ1n) is 7.22. The van der Waals surface area contributed by atoms with Crippen LogP contribution in [0.25, 0.3) is 0 Å². The van der Waals surface area contributed by atoms with Crippen LogP contribution in [0.1, 0.15) is 6.23 Å². The summed E-state index contributed by atoms with van der Waals surface area (Å²) in [5.41, 5.74) is -0.538. The van der Waals surface area contributed by atoms with E-state index in [2.05, 4.69) is 18.1 Å². The molecule has 166 valence electrons. The summed E-state index contributed by atoms with van der Waals surface area (Å²) in [4.78, 5) is 48.8. The summed E-state index contributed by atoms with van der Waals surface area (Å²) < 4.78 is 51.1. The van der Waals surface area contributed by atoms with E-state index < -0.39 is 60.2 Å². The molecule has 0 amide bonds. The van der Waals surface area contributed by atoms with Crippen molar-refractivity contribution >= 4 is 35.7 Å². The molecule has 3 unspecified atom stereocenters. The van der Waals surface area contributed by atoms with E-state index in [-0.39, 0.29) is 4.77 Å². The van der Waals surface area contributed by atoms with Crippen LogP contribution in [0.4, 0.5) is 0 Å². The molecule has 7 N–H and O–H groups in total. The second-order valence-electron chi connectivity index (χ2n) is 5.45. The molecule has 29 heavy (non-hydrogen) atoms. The molecule has 0 saturated carbocycles. The zero-order chi connectivity index (χ0) is 22.2. The summed E-state index contributed by atoms with van der Waals surface area (Å²) in [5.74, 6) is 0. The van der Waals surface area contributed by atoms with Gasteiger partial charge >= 0.3 is 23.5 Å². The van der Waals surface area contributed by atoms with Gasteiger partial charge < -0.3 is 34.5 Å². The number of hydrogen-bond donors (Lipinski definition) is 7. The van der Waals surface area contributed by atoms with Gasteiger partial charge in [0.25, 0.3) is 5.56 Å². The number of aliphatic hydroxyl groups is 2. The lowest BCUT2D eigenvalue weighted by Crippen LogP contribution is -2.34. The van der Waals surface area contributed by atoms with Crippen LogP contribution in [0.2, 0.25) is 0 Å². The number of aromatic amines is 1. The lowest BCUT2D eigenvalue weighted by Gasteiger charge is -2.19. The fraction of sp³-hybridized carbons (Fsp3) is 0.556. The fourth-order valence-corrected chi connectivity index (χ4v) is 5.49. The molecule has 0 aromatic carbocycles. The molecule has 0 bridgehead atoms. The number of rotatable bonds is 8. The molecule has 1 saturated heterocycles. The second-order valence-corrected chi connectivity index (χ2v) is 10.3. The molecule has 16 nitrogen and oxygen atoms in total. The number of hydrogen-bond acceptors (Lipinski definition) is 11. The standard InChI is InChI=1S/C9H15N2O14P3S/c12-5-1-2-11(9(29)10-5)8-7(14)6(13)4(23-8)3-22-27(18,19)25-28(20,21)24-26(15,16)17/h1-2,4,6-8,13-14H,3H2,(H,18,19)(H,20,21)(H,10,12,29)(H2,15,16,17)/t4-,6+,7?,8-/m1/s1. The Kier molecular flexibility index (Phi) is 7.54. The Bertz CT molecular complexity index is 1000. The van der Waals surface area contributed by atoms with Crippen LogP contribution in [-0.2, 0) is 31.6 Å². The highest BCUT2D eigenvalue weighted by Gasteiger charge is 2.46. The van der Waals surface area contributed by atoms with Crippen molar-refractivity contribution in [2.24, 2.45) is 0 Å². The quantitative estimate of drug-likeness (QED) is 0.165. The summed E-state index contributed by atoms with van der Waals surface area (Å²) in [6, 6.07) is 1.05. The number of phosphoric acid groups is 3. The van der Waals surface area contributed by atoms with Gasteiger partial charge in [-0.1, -0.05) is 0 Å². The molecule has 0 spiro atoms. The minimum Gasteiger partial charge on any atom is -0.387 e. The van der Waals surface area contributed by atoms with Crippen molar-refractivity contribution in [2.75, 3.05) is 6.61 Å². The van der Waals surface area contributed by atoms with E-state index in [0.29, 0.717) is 0 Å². The summed E-state index contributed by atoms with van der Waals surface area (Å²) in [5, 5.41) is 20.1. The van der Waals surface area contributed by atoms with Crippen LogP contribution in [0.15, 0.2) is 17.1 Å².